The van der Waals surface area contributed by atoms with E-state index in [-0.39, 0.29) is 11.2 Å². The summed E-state index contributed by atoms with van der Waals surface area (Å²) in [5.74, 6) is 0.0814. The minimum Gasteiger partial charge on any atom is -0.335 e. The highest BCUT2D eigenvalue weighted by Gasteiger charge is 2.37. The smallest absolute Gasteiger partial charge is 0.257 e. The van der Waals surface area contributed by atoms with Crippen LogP contribution in [-0.2, 0) is 6.42 Å². The lowest BCUT2D eigenvalue weighted by atomic mass is 10.0. The van der Waals surface area contributed by atoms with Gasteiger partial charge in [0.2, 0.25) is 5.28 Å². The van der Waals surface area contributed by atoms with Gasteiger partial charge in [0, 0.05) is 19.0 Å². The van der Waals surface area contributed by atoms with Crippen molar-refractivity contribution in [2.75, 3.05) is 6.54 Å². The molecule has 3 rings (SSSR count). The maximum Gasteiger partial charge on any atom is 0.257 e. The van der Waals surface area contributed by atoms with Crippen LogP contribution in [0.25, 0.3) is 0 Å². The molecule has 18 heavy (non-hydrogen) atoms. The molecule has 0 radical (unpaired) electrons. The number of nitrogens with zero attached hydrogens (tertiary/aromatic N) is 3. The molecule has 1 fully saturated rings. The number of amides is 1. The van der Waals surface area contributed by atoms with Crippen LogP contribution in [0.3, 0.4) is 0 Å². The molecule has 1 aliphatic heterocycles. The Bertz CT molecular complexity index is 472. The van der Waals surface area contributed by atoms with Crippen LogP contribution in [-0.4, -0.2) is 33.4 Å². The third kappa shape index (κ3) is 2.34. The van der Waals surface area contributed by atoms with E-state index in [1.807, 2.05) is 25.7 Å². The zero-order valence-electron chi connectivity index (χ0n) is 11.0. The van der Waals surface area contributed by atoms with Gasteiger partial charge in [-0.05, 0) is 31.4 Å². The molecule has 0 spiro atoms. The Morgan fingerprint density at radius 1 is 1.28 bits per heavy atom. The summed E-state index contributed by atoms with van der Waals surface area (Å²) in [4.78, 5) is 22.4. The number of halogens is 1. The van der Waals surface area contributed by atoms with E-state index in [0.717, 1.165) is 31.5 Å². The molecule has 0 bridgehead atoms. The number of aromatic nitrogens is 2. The number of fused-ring (bicyclic) bond motifs is 1. The fraction of sp³-hybridized carbons (Fsp3) is 0.615. The molecule has 2 aliphatic rings. The minimum absolute atomic E-state index is 0.0814. The third-order valence-corrected chi connectivity index (χ3v) is 3.36. The van der Waals surface area contributed by atoms with Crippen molar-refractivity contribution in [3.63, 3.8) is 0 Å². The normalized spacial score (nSPS) is 18.0. The predicted octanol–water partition coefficient (Wildman–Crippen LogP) is 2.63. The van der Waals surface area contributed by atoms with Gasteiger partial charge in [-0.25, -0.2) is 9.97 Å². The average Bonchev–Trinajstić information content (AvgIpc) is 3.15. The molecule has 98 valence electrons. The molecule has 1 amide bonds. The van der Waals surface area contributed by atoms with E-state index in [2.05, 4.69) is 9.97 Å². The maximum absolute atomic E-state index is 12.2. The summed E-state index contributed by atoms with van der Waals surface area (Å²) >= 11 is 5.79. The summed E-state index contributed by atoms with van der Waals surface area (Å²) in [6, 6.07) is 0.454. The van der Waals surface area contributed by atoms with E-state index in [1.54, 1.807) is 0 Å². The van der Waals surface area contributed by atoms with Crippen LogP contribution in [0.2, 0.25) is 5.28 Å². The largest absolute Gasteiger partial charge is 0.335 e. The van der Waals surface area contributed by atoms with Crippen molar-refractivity contribution in [3.8, 4) is 0 Å². The minimum atomic E-state index is 0.0814. The average molecular weight is 268 g/mol. The Hall–Kier alpha value is -1.16. The van der Waals surface area contributed by atoms with Crippen molar-refractivity contribution in [2.24, 2.45) is 0 Å². The van der Waals surface area contributed by atoms with Crippen molar-refractivity contribution in [1.82, 2.24) is 14.9 Å². The molecule has 2 heterocycles. The maximum atomic E-state index is 12.2. The molecular formula is C13H18ClN3O. The summed E-state index contributed by atoms with van der Waals surface area (Å²) < 4.78 is 0. The molecule has 4 nitrogen and oxygen atoms in total. The number of rotatable bonds is 1. The molecule has 0 aromatic carbocycles. The first kappa shape index (κ1) is 13.3. The molecule has 0 N–H and O–H groups in total. The van der Waals surface area contributed by atoms with Gasteiger partial charge in [0.05, 0.1) is 17.0 Å². The predicted molar refractivity (Wildman–Crippen MR) is 70.9 cm³/mol. The fourth-order valence-corrected chi connectivity index (χ4v) is 2.49. The van der Waals surface area contributed by atoms with E-state index in [1.165, 1.54) is 0 Å². The SMILES string of the molecule is CC.Cc1nc(Cl)nc2c1C(=O)N(C1CC1)CC2. The lowest BCUT2D eigenvalue weighted by molar-refractivity contribution is 0.0723. The summed E-state index contributed by atoms with van der Waals surface area (Å²) in [6.45, 7) is 6.59. The standard InChI is InChI=1S/C11H12ClN3O.C2H6/c1-6-9-8(14-11(12)13-6)4-5-15(10(9)16)7-2-3-7;1-2/h7H,2-5H2,1H3;1-2H3. The van der Waals surface area contributed by atoms with Crippen LogP contribution in [0.15, 0.2) is 0 Å². The van der Waals surface area contributed by atoms with Gasteiger partial charge in [0.25, 0.3) is 5.91 Å². The van der Waals surface area contributed by atoms with Crippen molar-refractivity contribution in [1.29, 1.82) is 0 Å². The molecule has 1 aromatic heterocycles. The van der Waals surface area contributed by atoms with E-state index >= 15 is 0 Å². The zero-order valence-corrected chi connectivity index (χ0v) is 11.8. The van der Waals surface area contributed by atoms with Crippen LogP contribution in [0.1, 0.15) is 48.4 Å². The third-order valence-electron chi connectivity index (χ3n) is 3.19. The van der Waals surface area contributed by atoms with Crippen LogP contribution < -0.4 is 0 Å². The second kappa shape index (κ2) is 5.22. The fourth-order valence-electron chi connectivity index (χ4n) is 2.26. The van der Waals surface area contributed by atoms with E-state index in [4.69, 9.17) is 11.6 Å². The summed E-state index contributed by atoms with van der Waals surface area (Å²) in [6.07, 6.45) is 3.06. The molecule has 0 saturated heterocycles. The Labute approximate surface area is 112 Å². The first-order chi connectivity index (χ1) is 8.66. The molecule has 0 unspecified atom stereocenters. The van der Waals surface area contributed by atoms with E-state index in [0.29, 0.717) is 17.3 Å². The Kier molecular flexibility index (Phi) is 3.85. The van der Waals surface area contributed by atoms with Crippen molar-refractivity contribution in [2.45, 2.75) is 46.1 Å². The monoisotopic (exact) mass is 267 g/mol. The van der Waals surface area contributed by atoms with Crippen molar-refractivity contribution >= 4 is 17.5 Å². The highest BCUT2D eigenvalue weighted by atomic mass is 35.5. The number of hydrogen-bond donors (Lipinski definition) is 0. The first-order valence-corrected chi connectivity index (χ1v) is 6.88. The summed E-state index contributed by atoms with van der Waals surface area (Å²) in [7, 11) is 0. The summed E-state index contributed by atoms with van der Waals surface area (Å²) in [5, 5.41) is 0.240. The van der Waals surface area contributed by atoms with E-state index < -0.39 is 0 Å². The Morgan fingerprint density at radius 3 is 2.56 bits per heavy atom. The second-order valence-corrected chi connectivity index (χ2v) is 4.72. The van der Waals surface area contributed by atoms with Gasteiger partial charge < -0.3 is 4.90 Å². The first-order valence-electron chi connectivity index (χ1n) is 6.51. The topological polar surface area (TPSA) is 46.1 Å². The molecule has 1 aliphatic carbocycles. The van der Waals surface area contributed by atoms with Crippen LogP contribution in [0, 0.1) is 6.92 Å². The molecule has 1 aromatic rings. The lowest BCUT2D eigenvalue weighted by Crippen LogP contribution is -2.40. The van der Waals surface area contributed by atoms with Crippen LogP contribution in [0.4, 0.5) is 0 Å². The van der Waals surface area contributed by atoms with Crippen molar-refractivity contribution in [3.05, 3.63) is 22.2 Å². The number of carbonyl (C=O) groups excluding carboxylic acids is 1. The lowest BCUT2D eigenvalue weighted by Gasteiger charge is -2.28. The quantitative estimate of drug-likeness (QED) is 0.735. The van der Waals surface area contributed by atoms with Gasteiger partial charge in [-0.2, -0.15) is 0 Å². The van der Waals surface area contributed by atoms with Gasteiger partial charge in [0.15, 0.2) is 0 Å². The highest BCUT2D eigenvalue weighted by molar-refractivity contribution is 6.28. The highest BCUT2D eigenvalue weighted by Crippen LogP contribution is 2.32. The Balaban J connectivity index is 0.000000574. The van der Waals surface area contributed by atoms with Crippen molar-refractivity contribution < 1.29 is 4.79 Å². The zero-order chi connectivity index (χ0) is 13.3. The van der Waals surface area contributed by atoms with E-state index in [9.17, 15) is 4.79 Å². The molecule has 5 heteroatoms. The molecular weight excluding hydrogens is 250 g/mol. The van der Waals surface area contributed by atoms with Gasteiger partial charge in [-0.1, -0.05) is 13.8 Å². The number of hydrogen-bond acceptors (Lipinski definition) is 3. The molecule has 0 atom stereocenters. The Morgan fingerprint density at radius 2 is 1.94 bits per heavy atom. The summed E-state index contributed by atoms with van der Waals surface area (Å²) in [5.41, 5.74) is 2.17. The van der Waals surface area contributed by atoms with Gasteiger partial charge in [-0.15, -0.1) is 0 Å². The van der Waals surface area contributed by atoms with Crippen LogP contribution in [0.5, 0.6) is 0 Å². The van der Waals surface area contributed by atoms with Crippen LogP contribution >= 0.6 is 11.6 Å². The second-order valence-electron chi connectivity index (χ2n) is 4.38. The van der Waals surface area contributed by atoms with Gasteiger partial charge >= 0.3 is 0 Å². The van der Waals surface area contributed by atoms with Gasteiger partial charge in [0.1, 0.15) is 0 Å². The number of aryl methyl sites for hydroxylation is 1. The molecule has 1 saturated carbocycles. The number of carbonyl (C=O) groups is 1. The van der Waals surface area contributed by atoms with Gasteiger partial charge in [-0.3, -0.25) is 4.79 Å².